The maximum absolute atomic E-state index is 12.2. The molecule has 0 N–H and O–H groups in total. The summed E-state index contributed by atoms with van der Waals surface area (Å²) in [7, 11) is 2.69. The van der Waals surface area contributed by atoms with E-state index in [9.17, 15) is 10.1 Å². The van der Waals surface area contributed by atoms with Crippen LogP contribution in [-0.2, 0) is 14.3 Å². The molecule has 0 radical (unpaired) electrons. The summed E-state index contributed by atoms with van der Waals surface area (Å²) >= 11 is 0. The molecule has 1 heterocycles. The number of carbonyl (C=O) groups is 1. The van der Waals surface area contributed by atoms with E-state index in [1.54, 1.807) is 55.5 Å². The number of aryl methyl sites for hydroxylation is 1. The Bertz CT molecular complexity index is 1170. The fourth-order valence-electron chi connectivity index (χ4n) is 2.76. The number of methoxy groups -OCH3 is 2. The van der Waals surface area contributed by atoms with E-state index in [0.29, 0.717) is 34.1 Å². The lowest BCUT2D eigenvalue weighted by Crippen LogP contribution is -2.09. The third-order valence-electron chi connectivity index (χ3n) is 4.17. The summed E-state index contributed by atoms with van der Waals surface area (Å²) in [5.74, 6) is 0.836. The van der Waals surface area contributed by atoms with Crippen molar-refractivity contribution in [2.45, 2.75) is 6.92 Å². The Balaban J connectivity index is 1.95. The Kier molecular flexibility index (Phi) is 6.81. The summed E-state index contributed by atoms with van der Waals surface area (Å²) < 4.78 is 21.7. The van der Waals surface area contributed by atoms with Gasteiger partial charge in [-0.05, 0) is 31.2 Å². The monoisotopic (exact) mass is 417 g/mol. The second kappa shape index (κ2) is 9.89. The van der Waals surface area contributed by atoms with Gasteiger partial charge in [0.05, 0.1) is 37.3 Å². The van der Waals surface area contributed by atoms with Gasteiger partial charge in [-0.25, -0.2) is 14.8 Å². The van der Waals surface area contributed by atoms with Crippen molar-refractivity contribution in [1.82, 2.24) is 9.97 Å². The molecule has 31 heavy (non-hydrogen) atoms. The minimum absolute atomic E-state index is 0.119. The van der Waals surface area contributed by atoms with Crippen molar-refractivity contribution in [2.24, 2.45) is 0 Å². The molecule has 0 bridgehead atoms. The van der Waals surface area contributed by atoms with Gasteiger partial charge in [0.15, 0.2) is 0 Å². The topological polar surface area (TPSA) is 104 Å². The van der Waals surface area contributed by atoms with E-state index in [0.717, 1.165) is 0 Å². The van der Waals surface area contributed by atoms with Crippen LogP contribution in [0.2, 0.25) is 0 Å². The van der Waals surface area contributed by atoms with E-state index >= 15 is 0 Å². The van der Waals surface area contributed by atoms with Crippen LogP contribution in [-0.4, -0.2) is 30.2 Å². The Morgan fingerprint density at radius 2 is 1.77 bits per heavy atom. The molecule has 3 aromatic rings. The van der Waals surface area contributed by atoms with Crippen molar-refractivity contribution in [3.05, 3.63) is 77.9 Å². The smallest absolute Gasteiger partial charge is 0.341 e. The number of aromatic nitrogens is 2. The van der Waals surface area contributed by atoms with Crippen LogP contribution in [0.15, 0.2) is 61.1 Å². The van der Waals surface area contributed by atoms with Crippen LogP contribution in [0.3, 0.4) is 0 Å². The van der Waals surface area contributed by atoms with Crippen molar-refractivity contribution < 1.29 is 23.7 Å². The molecule has 8 nitrogen and oxygen atoms in total. The zero-order valence-electron chi connectivity index (χ0n) is 17.2. The fourth-order valence-corrected chi connectivity index (χ4v) is 2.76. The molecule has 2 aromatic carbocycles. The standard InChI is InChI=1S/C23H19N3O5/c1-15-21(19(13-28-2)23(27)29-3)22(26-14-25-15)31-18-9-6-8-17(11-18)30-20-10-5-4-7-16(20)12-24/h4-11,13-14H,1-3H3. The molecule has 0 aliphatic carbocycles. The predicted octanol–water partition coefficient (Wildman–Crippen LogP) is 4.40. The molecule has 156 valence electrons. The summed E-state index contributed by atoms with van der Waals surface area (Å²) in [6.45, 7) is 1.72. The minimum atomic E-state index is -0.616. The van der Waals surface area contributed by atoms with E-state index < -0.39 is 5.97 Å². The van der Waals surface area contributed by atoms with E-state index in [1.165, 1.54) is 26.8 Å². The van der Waals surface area contributed by atoms with E-state index in [1.807, 2.05) is 0 Å². The SMILES string of the molecule is COC=C(C(=O)OC)c1c(C)ncnc1Oc1cccc(Oc2ccccc2C#N)c1. The third-order valence-corrected chi connectivity index (χ3v) is 4.17. The first-order valence-corrected chi connectivity index (χ1v) is 9.15. The molecule has 1 aromatic heterocycles. The van der Waals surface area contributed by atoms with Crippen LogP contribution >= 0.6 is 0 Å². The molecule has 0 atom stereocenters. The molecule has 0 aliphatic heterocycles. The molecular weight excluding hydrogens is 398 g/mol. The first-order valence-electron chi connectivity index (χ1n) is 9.15. The predicted molar refractivity (Wildman–Crippen MR) is 112 cm³/mol. The maximum Gasteiger partial charge on any atom is 0.341 e. The van der Waals surface area contributed by atoms with E-state index in [2.05, 4.69) is 16.0 Å². The number of ether oxygens (including phenoxy) is 4. The van der Waals surface area contributed by atoms with Crippen LogP contribution in [0.25, 0.3) is 5.57 Å². The van der Waals surface area contributed by atoms with Crippen LogP contribution in [0, 0.1) is 18.3 Å². The molecule has 0 fully saturated rings. The molecule has 0 unspecified atom stereocenters. The minimum Gasteiger partial charge on any atom is -0.503 e. The number of para-hydroxylation sites is 1. The number of nitriles is 1. The van der Waals surface area contributed by atoms with Crippen LogP contribution < -0.4 is 9.47 Å². The molecule has 0 spiro atoms. The normalized spacial score (nSPS) is 10.7. The Morgan fingerprint density at radius 1 is 1.03 bits per heavy atom. The summed E-state index contributed by atoms with van der Waals surface area (Å²) in [4.78, 5) is 20.6. The van der Waals surface area contributed by atoms with Gasteiger partial charge in [-0.2, -0.15) is 5.26 Å². The zero-order valence-corrected chi connectivity index (χ0v) is 17.2. The van der Waals surface area contributed by atoms with Crippen molar-refractivity contribution >= 4 is 11.5 Å². The van der Waals surface area contributed by atoms with E-state index in [-0.39, 0.29) is 11.5 Å². The van der Waals surface area contributed by atoms with Gasteiger partial charge in [0.25, 0.3) is 0 Å². The fraction of sp³-hybridized carbons (Fsp3) is 0.130. The molecule has 0 saturated heterocycles. The zero-order chi connectivity index (χ0) is 22.2. The highest BCUT2D eigenvalue weighted by Crippen LogP contribution is 2.33. The quantitative estimate of drug-likeness (QED) is 0.316. The second-order valence-corrected chi connectivity index (χ2v) is 6.18. The molecule has 3 rings (SSSR count). The maximum atomic E-state index is 12.2. The highest BCUT2D eigenvalue weighted by atomic mass is 16.5. The lowest BCUT2D eigenvalue weighted by Gasteiger charge is -2.14. The average Bonchev–Trinajstić information content (AvgIpc) is 2.78. The summed E-state index contributed by atoms with van der Waals surface area (Å²) in [6.07, 6.45) is 2.59. The Morgan fingerprint density at radius 3 is 2.48 bits per heavy atom. The Hall–Kier alpha value is -4.38. The Labute approximate surface area is 179 Å². The van der Waals surface area contributed by atoms with Crippen molar-refractivity contribution in [2.75, 3.05) is 14.2 Å². The van der Waals surface area contributed by atoms with Gasteiger partial charge >= 0.3 is 5.97 Å². The number of benzene rings is 2. The first-order chi connectivity index (χ1) is 15.1. The number of carbonyl (C=O) groups excluding carboxylic acids is 1. The van der Waals surface area contributed by atoms with Gasteiger partial charge in [0.2, 0.25) is 5.88 Å². The van der Waals surface area contributed by atoms with Crippen LogP contribution in [0.4, 0.5) is 0 Å². The first kappa shape index (κ1) is 21.3. The number of nitrogens with zero attached hydrogens (tertiary/aromatic N) is 3. The number of esters is 1. The molecule has 0 saturated carbocycles. The summed E-state index contributed by atoms with van der Waals surface area (Å²) in [6, 6.07) is 15.8. The molecular formula is C23H19N3O5. The molecule has 0 amide bonds. The van der Waals surface area contributed by atoms with Gasteiger partial charge in [-0.1, -0.05) is 18.2 Å². The van der Waals surface area contributed by atoms with Crippen LogP contribution in [0.5, 0.6) is 23.1 Å². The second-order valence-electron chi connectivity index (χ2n) is 6.18. The van der Waals surface area contributed by atoms with E-state index in [4.69, 9.17) is 18.9 Å². The number of hydrogen-bond donors (Lipinski definition) is 0. The number of rotatable bonds is 7. The summed E-state index contributed by atoms with van der Waals surface area (Å²) in [5.41, 5.74) is 1.38. The van der Waals surface area contributed by atoms with Gasteiger partial charge in [0, 0.05) is 6.07 Å². The van der Waals surface area contributed by atoms with Crippen LogP contribution in [0.1, 0.15) is 16.8 Å². The van der Waals surface area contributed by atoms with Gasteiger partial charge in [-0.3, -0.25) is 0 Å². The highest BCUT2D eigenvalue weighted by molar-refractivity contribution is 6.17. The van der Waals surface area contributed by atoms with Gasteiger partial charge in [-0.15, -0.1) is 0 Å². The third kappa shape index (κ3) is 4.97. The molecule has 8 heteroatoms. The van der Waals surface area contributed by atoms with Gasteiger partial charge in [0.1, 0.15) is 35.2 Å². The van der Waals surface area contributed by atoms with Gasteiger partial charge < -0.3 is 18.9 Å². The lowest BCUT2D eigenvalue weighted by molar-refractivity contribution is -0.133. The lowest BCUT2D eigenvalue weighted by atomic mass is 10.1. The summed E-state index contributed by atoms with van der Waals surface area (Å²) in [5, 5.41) is 9.24. The molecule has 0 aliphatic rings. The van der Waals surface area contributed by atoms with Crippen molar-refractivity contribution in [3.8, 4) is 29.2 Å². The number of hydrogen-bond acceptors (Lipinski definition) is 8. The van der Waals surface area contributed by atoms with Crippen molar-refractivity contribution in [3.63, 3.8) is 0 Å². The van der Waals surface area contributed by atoms with Crippen molar-refractivity contribution in [1.29, 1.82) is 5.26 Å². The highest BCUT2D eigenvalue weighted by Gasteiger charge is 2.22. The average molecular weight is 417 g/mol. The largest absolute Gasteiger partial charge is 0.503 e.